The summed E-state index contributed by atoms with van der Waals surface area (Å²) in [5, 5.41) is 12.7. The van der Waals surface area contributed by atoms with E-state index in [1.54, 1.807) is 0 Å². The number of hydrogen-bond acceptors (Lipinski definition) is 3. The molecule has 4 N–H and O–H groups in total. The van der Waals surface area contributed by atoms with Gasteiger partial charge in [-0.2, -0.15) is 0 Å². The van der Waals surface area contributed by atoms with Crippen LogP contribution in [0.4, 0.5) is 0 Å². The largest absolute Gasteiger partial charge is 0.480 e. The van der Waals surface area contributed by atoms with E-state index in [-0.39, 0.29) is 5.54 Å². The number of hydrogen-bond donors (Lipinski definition) is 3. The summed E-state index contributed by atoms with van der Waals surface area (Å²) in [7, 11) is 0. The lowest BCUT2D eigenvalue weighted by atomic mass is 10.0. The van der Waals surface area contributed by atoms with Gasteiger partial charge in [0, 0.05) is 22.6 Å². The molecule has 0 saturated carbocycles. The second kappa shape index (κ2) is 6.52. The molecule has 1 unspecified atom stereocenters. The number of aromatic nitrogens is 1. The Bertz CT molecular complexity index is 800. The quantitative estimate of drug-likeness (QED) is 0.774. The minimum absolute atomic E-state index is 0.102. The molecule has 1 amide bonds. The maximum atomic E-state index is 12.3. The topological polar surface area (TPSA) is 97.4 Å². The minimum atomic E-state index is -1.35. The molecule has 1 aromatic heterocycles. The van der Waals surface area contributed by atoms with Crippen LogP contribution in [0, 0.1) is 0 Å². The standard InChI is InChI=1S/C19H27N3O3/c1-18(2,3)22-11-12(13-8-6-7-9-15(13)22)10-14(20)16(23)21-19(4,5)17(24)25/h6-9,11,14H,10,20H2,1-5H3,(H,21,23)(H,24,25). The van der Waals surface area contributed by atoms with Gasteiger partial charge in [0.15, 0.2) is 0 Å². The van der Waals surface area contributed by atoms with Crippen LogP contribution in [0.5, 0.6) is 0 Å². The van der Waals surface area contributed by atoms with Gasteiger partial charge < -0.3 is 20.7 Å². The summed E-state index contributed by atoms with van der Waals surface area (Å²) < 4.78 is 2.17. The van der Waals surface area contributed by atoms with Crippen LogP contribution in [0.25, 0.3) is 10.9 Å². The number of carbonyl (C=O) groups is 2. The Morgan fingerprint density at radius 1 is 1.20 bits per heavy atom. The molecule has 1 heterocycles. The van der Waals surface area contributed by atoms with Gasteiger partial charge in [0.05, 0.1) is 6.04 Å². The van der Waals surface area contributed by atoms with Crippen molar-refractivity contribution in [3.05, 3.63) is 36.0 Å². The van der Waals surface area contributed by atoms with E-state index >= 15 is 0 Å². The third-order valence-electron chi connectivity index (χ3n) is 4.26. The number of benzene rings is 1. The Morgan fingerprint density at radius 3 is 2.36 bits per heavy atom. The van der Waals surface area contributed by atoms with Crippen LogP contribution in [-0.4, -0.2) is 33.1 Å². The molecule has 6 heteroatoms. The molecule has 0 spiro atoms. The number of nitrogens with one attached hydrogen (secondary N) is 1. The van der Waals surface area contributed by atoms with Crippen molar-refractivity contribution in [2.75, 3.05) is 0 Å². The fourth-order valence-electron chi connectivity index (χ4n) is 2.75. The molecule has 2 rings (SSSR count). The number of carbonyl (C=O) groups excluding carboxylic acids is 1. The van der Waals surface area contributed by atoms with E-state index in [1.165, 1.54) is 13.8 Å². The Balaban J connectivity index is 2.29. The van der Waals surface area contributed by atoms with Crippen LogP contribution in [0.2, 0.25) is 0 Å². The Hall–Kier alpha value is -2.34. The number of rotatable bonds is 5. The van der Waals surface area contributed by atoms with Gasteiger partial charge in [-0.25, -0.2) is 4.79 Å². The van der Waals surface area contributed by atoms with Crippen LogP contribution < -0.4 is 11.1 Å². The number of amides is 1. The Kier molecular flexibility index (Phi) is 4.95. The molecular formula is C19H27N3O3. The van der Waals surface area contributed by atoms with Crippen molar-refractivity contribution in [1.29, 1.82) is 0 Å². The molecule has 0 bridgehead atoms. The van der Waals surface area contributed by atoms with Crippen molar-refractivity contribution < 1.29 is 14.7 Å². The lowest BCUT2D eigenvalue weighted by Gasteiger charge is -2.23. The van der Waals surface area contributed by atoms with Crippen molar-refractivity contribution in [3.8, 4) is 0 Å². The molecule has 0 aliphatic heterocycles. The van der Waals surface area contributed by atoms with Gasteiger partial charge in [-0.1, -0.05) is 18.2 Å². The molecule has 0 aliphatic rings. The first kappa shape index (κ1) is 19.0. The molecule has 0 saturated heterocycles. The second-order valence-electron chi connectivity index (χ2n) is 7.94. The molecule has 6 nitrogen and oxygen atoms in total. The second-order valence-corrected chi connectivity index (χ2v) is 7.94. The van der Waals surface area contributed by atoms with Crippen LogP contribution in [-0.2, 0) is 21.5 Å². The molecule has 2 aromatic rings. The number of nitrogens with zero attached hydrogens (tertiary/aromatic N) is 1. The van der Waals surface area contributed by atoms with Gasteiger partial charge in [-0.05, 0) is 52.7 Å². The van der Waals surface area contributed by atoms with E-state index in [9.17, 15) is 9.59 Å². The van der Waals surface area contributed by atoms with Gasteiger partial charge >= 0.3 is 5.97 Å². The maximum Gasteiger partial charge on any atom is 0.328 e. The lowest BCUT2D eigenvalue weighted by molar-refractivity contribution is -0.146. The van der Waals surface area contributed by atoms with Crippen LogP contribution in [0.1, 0.15) is 40.2 Å². The summed E-state index contributed by atoms with van der Waals surface area (Å²) in [5.41, 5.74) is 6.66. The van der Waals surface area contributed by atoms with Crippen LogP contribution in [0.3, 0.4) is 0 Å². The Labute approximate surface area is 148 Å². The van der Waals surface area contributed by atoms with Crippen LogP contribution >= 0.6 is 0 Å². The summed E-state index contributed by atoms with van der Waals surface area (Å²) in [5.74, 6) is -1.57. The van der Waals surface area contributed by atoms with Crippen LogP contribution in [0.15, 0.2) is 30.5 Å². The molecule has 0 aliphatic carbocycles. The average Bonchev–Trinajstić information content (AvgIpc) is 2.85. The average molecular weight is 345 g/mol. The molecule has 1 atom stereocenters. The monoisotopic (exact) mass is 345 g/mol. The van der Waals surface area contributed by atoms with E-state index in [0.29, 0.717) is 6.42 Å². The van der Waals surface area contributed by atoms with E-state index in [2.05, 4.69) is 30.7 Å². The molecule has 136 valence electrons. The number of nitrogens with two attached hydrogens (primary N) is 1. The minimum Gasteiger partial charge on any atom is -0.480 e. The van der Waals surface area contributed by atoms with Crippen molar-refractivity contribution >= 4 is 22.8 Å². The first-order valence-corrected chi connectivity index (χ1v) is 8.34. The third-order valence-corrected chi connectivity index (χ3v) is 4.26. The zero-order valence-corrected chi connectivity index (χ0v) is 15.5. The van der Waals surface area contributed by atoms with Crippen molar-refractivity contribution in [1.82, 2.24) is 9.88 Å². The van der Waals surface area contributed by atoms with E-state index in [0.717, 1.165) is 16.5 Å². The zero-order chi connectivity index (χ0) is 19.0. The Morgan fingerprint density at radius 2 is 1.80 bits per heavy atom. The summed E-state index contributed by atoms with van der Waals surface area (Å²) in [6, 6.07) is 7.17. The van der Waals surface area contributed by atoms with Crippen molar-refractivity contribution in [2.24, 2.45) is 5.73 Å². The zero-order valence-electron chi connectivity index (χ0n) is 15.5. The van der Waals surface area contributed by atoms with Gasteiger partial charge in [-0.15, -0.1) is 0 Å². The van der Waals surface area contributed by atoms with Gasteiger partial charge in [-0.3, -0.25) is 4.79 Å². The van der Waals surface area contributed by atoms with Gasteiger partial charge in [0.1, 0.15) is 5.54 Å². The van der Waals surface area contributed by atoms with E-state index < -0.39 is 23.5 Å². The molecular weight excluding hydrogens is 318 g/mol. The highest BCUT2D eigenvalue weighted by atomic mass is 16.4. The van der Waals surface area contributed by atoms with Crippen molar-refractivity contribution in [2.45, 2.75) is 58.2 Å². The van der Waals surface area contributed by atoms with Gasteiger partial charge in [0.2, 0.25) is 5.91 Å². The predicted molar refractivity (Wildman–Crippen MR) is 98.5 cm³/mol. The maximum absolute atomic E-state index is 12.3. The van der Waals surface area contributed by atoms with E-state index in [1.807, 2.05) is 30.5 Å². The fraction of sp³-hybridized carbons (Fsp3) is 0.474. The highest BCUT2D eigenvalue weighted by Crippen LogP contribution is 2.28. The highest BCUT2D eigenvalue weighted by Gasteiger charge is 2.31. The van der Waals surface area contributed by atoms with E-state index in [4.69, 9.17) is 10.8 Å². The van der Waals surface area contributed by atoms with Crippen molar-refractivity contribution in [3.63, 3.8) is 0 Å². The summed E-state index contributed by atoms with van der Waals surface area (Å²) in [6.45, 7) is 9.22. The summed E-state index contributed by atoms with van der Waals surface area (Å²) in [4.78, 5) is 23.5. The normalized spacial score (nSPS) is 13.7. The predicted octanol–water partition coefficient (Wildman–Crippen LogP) is 2.25. The highest BCUT2D eigenvalue weighted by molar-refractivity contribution is 5.90. The lowest BCUT2D eigenvalue weighted by Crippen LogP contribution is -2.55. The molecule has 1 aromatic carbocycles. The molecule has 0 fully saturated rings. The smallest absolute Gasteiger partial charge is 0.328 e. The number of para-hydroxylation sites is 1. The first-order chi connectivity index (χ1) is 11.4. The number of carboxylic acids is 1. The van der Waals surface area contributed by atoms with Gasteiger partial charge in [0.25, 0.3) is 0 Å². The molecule has 0 radical (unpaired) electrons. The molecule has 25 heavy (non-hydrogen) atoms. The first-order valence-electron chi connectivity index (χ1n) is 8.34. The SMILES string of the molecule is CC(C)(NC(=O)C(N)Cc1cn(C(C)(C)C)c2ccccc12)C(=O)O. The number of carboxylic acid groups (broad SMARTS) is 1. The summed E-state index contributed by atoms with van der Waals surface area (Å²) >= 11 is 0. The summed E-state index contributed by atoms with van der Waals surface area (Å²) in [6.07, 6.45) is 2.37. The third kappa shape index (κ3) is 4.02. The fourth-order valence-corrected chi connectivity index (χ4v) is 2.75. The number of fused-ring (bicyclic) bond motifs is 1. The number of aliphatic carboxylic acids is 1.